The number of aliphatic hydroxyl groups excluding tert-OH is 1. The zero-order valence-corrected chi connectivity index (χ0v) is 5.49. The molecular weight excluding hydrogens is 124 g/mol. The van der Waals surface area contributed by atoms with Crippen LogP contribution in [0.15, 0.2) is 0 Å². The van der Waals surface area contributed by atoms with Gasteiger partial charge in [0, 0.05) is 0 Å². The molecule has 3 heteroatoms. The maximum Gasteiger partial charge on any atom is 0.0614 e. The van der Waals surface area contributed by atoms with Crippen molar-refractivity contribution in [2.24, 2.45) is 0 Å². The molecule has 1 saturated heterocycles. The lowest BCUT2D eigenvalue weighted by atomic mass is 10.2. The molecule has 48 valence electrons. The summed E-state index contributed by atoms with van der Waals surface area (Å²) in [6, 6.07) is 0. The molecule has 1 unspecified atom stereocenters. The third-order valence-electron chi connectivity index (χ3n) is 1.16. The predicted octanol–water partition coefficient (Wildman–Crippen LogP) is 0.806. The summed E-state index contributed by atoms with van der Waals surface area (Å²) in [4.78, 5) is 0. The van der Waals surface area contributed by atoms with Crippen LogP contribution in [0, 0.1) is 0 Å². The molecule has 1 heterocycles. The molecule has 1 aliphatic heterocycles. The highest BCUT2D eigenvalue weighted by Crippen LogP contribution is 2.22. The van der Waals surface area contributed by atoms with Crippen molar-refractivity contribution in [3.8, 4) is 0 Å². The minimum absolute atomic E-state index is 0.255. The van der Waals surface area contributed by atoms with Crippen LogP contribution in [-0.2, 0) is 4.18 Å². The predicted molar refractivity (Wildman–Crippen MR) is 33.7 cm³/mol. The van der Waals surface area contributed by atoms with Gasteiger partial charge in [-0.3, -0.25) is 0 Å². The topological polar surface area (TPSA) is 29.5 Å². The molecule has 0 aromatic rings. The zero-order valence-electron chi connectivity index (χ0n) is 4.67. The fraction of sp³-hybridized carbons (Fsp3) is 1.00. The van der Waals surface area contributed by atoms with Crippen molar-refractivity contribution in [3.63, 3.8) is 0 Å². The van der Waals surface area contributed by atoms with E-state index in [0.29, 0.717) is 5.25 Å². The van der Waals surface area contributed by atoms with Crippen molar-refractivity contribution in [2.45, 2.75) is 18.1 Å². The second-order valence-corrected chi connectivity index (χ2v) is 2.96. The van der Waals surface area contributed by atoms with Crippen molar-refractivity contribution in [1.29, 1.82) is 0 Å². The fourth-order valence-corrected chi connectivity index (χ4v) is 1.41. The normalized spacial score (nSPS) is 30.4. The van der Waals surface area contributed by atoms with Crippen LogP contribution in [0.5, 0.6) is 0 Å². The Kier molecular flexibility index (Phi) is 2.66. The van der Waals surface area contributed by atoms with Crippen LogP contribution in [0.25, 0.3) is 0 Å². The maximum atomic E-state index is 8.59. The van der Waals surface area contributed by atoms with Gasteiger partial charge < -0.3 is 9.29 Å². The van der Waals surface area contributed by atoms with Crippen LogP contribution in [-0.4, -0.2) is 23.6 Å². The van der Waals surface area contributed by atoms with Crippen LogP contribution in [0.1, 0.15) is 12.8 Å². The van der Waals surface area contributed by atoms with E-state index in [2.05, 4.69) is 0 Å². The Balaban J connectivity index is 2.13. The van der Waals surface area contributed by atoms with Crippen molar-refractivity contribution >= 4 is 12.0 Å². The maximum absolute atomic E-state index is 8.59. The van der Waals surface area contributed by atoms with Gasteiger partial charge in [-0.05, 0) is 24.9 Å². The summed E-state index contributed by atoms with van der Waals surface area (Å²) in [5.41, 5.74) is 0. The molecule has 0 bridgehead atoms. The minimum atomic E-state index is 0.255. The highest BCUT2D eigenvalue weighted by molar-refractivity contribution is 7.95. The molecule has 1 aliphatic rings. The lowest BCUT2D eigenvalue weighted by Gasteiger charge is -2.17. The van der Waals surface area contributed by atoms with Crippen LogP contribution in [0.3, 0.4) is 0 Å². The van der Waals surface area contributed by atoms with E-state index in [4.69, 9.17) is 9.29 Å². The highest BCUT2D eigenvalue weighted by Gasteiger charge is 2.12. The molecule has 1 atom stereocenters. The van der Waals surface area contributed by atoms with Gasteiger partial charge in [0.25, 0.3) is 0 Å². The first-order chi connectivity index (χ1) is 3.93. The molecule has 1 fully saturated rings. The summed E-state index contributed by atoms with van der Waals surface area (Å²) in [5.74, 6) is 0. The molecule has 0 radical (unpaired) electrons. The van der Waals surface area contributed by atoms with Gasteiger partial charge in [0.2, 0.25) is 0 Å². The molecule has 0 saturated carbocycles. The second-order valence-electron chi connectivity index (χ2n) is 1.87. The molecular formula is C5H10O2S. The molecule has 0 aliphatic carbocycles. The van der Waals surface area contributed by atoms with Gasteiger partial charge in [-0.15, -0.1) is 0 Å². The van der Waals surface area contributed by atoms with Crippen molar-refractivity contribution in [2.75, 3.05) is 13.2 Å². The number of hydrogen-bond acceptors (Lipinski definition) is 3. The summed E-state index contributed by atoms with van der Waals surface area (Å²) in [5, 5.41) is 8.93. The Morgan fingerprint density at radius 1 is 1.75 bits per heavy atom. The third-order valence-corrected chi connectivity index (χ3v) is 2.12. The number of rotatable bonds is 1. The lowest BCUT2D eigenvalue weighted by molar-refractivity contribution is 0.257. The van der Waals surface area contributed by atoms with Crippen LogP contribution >= 0.6 is 12.0 Å². The van der Waals surface area contributed by atoms with Crippen molar-refractivity contribution in [3.05, 3.63) is 0 Å². The Morgan fingerprint density at radius 3 is 3.00 bits per heavy atom. The Bertz CT molecular complexity index is 61.4. The van der Waals surface area contributed by atoms with Gasteiger partial charge in [-0.1, -0.05) is 0 Å². The largest absolute Gasteiger partial charge is 0.395 e. The van der Waals surface area contributed by atoms with Gasteiger partial charge in [-0.25, -0.2) is 0 Å². The summed E-state index contributed by atoms with van der Waals surface area (Å²) >= 11 is 1.41. The standard InChI is InChI=1S/C5H10O2S/c6-4-5-2-1-3-7-8-5/h5-6H,1-4H2. The van der Waals surface area contributed by atoms with E-state index in [1.807, 2.05) is 0 Å². The SMILES string of the molecule is OCC1CCCOS1. The Labute approximate surface area is 53.4 Å². The van der Waals surface area contributed by atoms with Crippen LogP contribution < -0.4 is 0 Å². The molecule has 0 spiro atoms. The summed E-state index contributed by atoms with van der Waals surface area (Å²) < 4.78 is 5.03. The monoisotopic (exact) mass is 134 g/mol. The van der Waals surface area contributed by atoms with Crippen molar-refractivity contribution in [1.82, 2.24) is 0 Å². The summed E-state index contributed by atoms with van der Waals surface area (Å²) in [6.45, 7) is 1.10. The number of hydrogen-bond donors (Lipinski definition) is 1. The molecule has 1 N–H and O–H groups in total. The average Bonchev–Trinajstić information content (AvgIpc) is 1.90. The molecule has 2 nitrogen and oxygen atoms in total. The van der Waals surface area contributed by atoms with Crippen molar-refractivity contribution < 1.29 is 9.29 Å². The lowest BCUT2D eigenvalue weighted by Crippen LogP contribution is -2.14. The van der Waals surface area contributed by atoms with E-state index in [1.165, 1.54) is 12.0 Å². The first-order valence-corrected chi connectivity index (χ1v) is 3.63. The fourth-order valence-electron chi connectivity index (χ4n) is 0.684. The van der Waals surface area contributed by atoms with Gasteiger partial charge in [0.15, 0.2) is 0 Å². The summed E-state index contributed by atoms with van der Waals surface area (Å²) in [7, 11) is 0. The van der Waals surface area contributed by atoms with Gasteiger partial charge in [0.05, 0.1) is 18.5 Å². The Morgan fingerprint density at radius 2 is 2.62 bits per heavy atom. The first kappa shape index (κ1) is 6.39. The van der Waals surface area contributed by atoms with E-state index in [-0.39, 0.29) is 6.61 Å². The molecule has 8 heavy (non-hydrogen) atoms. The highest BCUT2D eigenvalue weighted by atomic mass is 32.2. The second kappa shape index (κ2) is 3.33. The third kappa shape index (κ3) is 1.65. The first-order valence-electron chi connectivity index (χ1n) is 2.82. The van der Waals surface area contributed by atoms with E-state index in [1.54, 1.807) is 0 Å². The van der Waals surface area contributed by atoms with E-state index in [9.17, 15) is 0 Å². The van der Waals surface area contributed by atoms with Crippen LogP contribution in [0.4, 0.5) is 0 Å². The molecule has 0 aromatic heterocycles. The molecule has 0 amide bonds. The van der Waals surface area contributed by atoms with E-state index < -0.39 is 0 Å². The zero-order chi connectivity index (χ0) is 5.82. The van der Waals surface area contributed by atoms with E-state index in [0.717, 1.165) is 19.4 Å². The van der Waals surface area contributed by atoms with Gasteiger partial charge >= 0.3 is 0 Å². The minimum Gasteiger partial charge on any atom is -0.395 e. The quantitative estimate of drug-likeness (QED) is 0.538. The van der Waals surface area contributed by atoms with Crippen LogP contribution in [0.2, 0.25) is 0 Å². The average molecular weight is 134 g/mol. The smallest absolute Gasteiger partial charge is 0.0614 e. The van der Waals surface area contributed by atoms with E-state index >= 15 is 0 Å². The molecule has 1 rings (SSSR count). The van der Waals surface area contributed by atoms with Gasteiger partial charge in [-0.2, -0.15) is 0 Å². The number of aliphatic hydroxyl groups is 1. The Hall–Kier alpha value is 0.270. The molecule has 0 aromatic carbocycles. The summed E-state index contributed by atoms with van der Waals surface area (Å²) in [6.07, 6.45) is 2.19. The van der Waals surface area contributed by atoms with Gasteiger partial charge in [0.1, 0.15) is 0 Å².